The van der Waals surface area contributed by atoms with Gasteiger partial charge in [0.2, 0.25) is 0 Å². The Labute approximate surface area is 111 Å². The van der Waals surface area contributed by atoms with Crippen LogP contribution in [0.1, 0.15) is 20.3 Å². The van der Waals surface area contributed by atoms with Crippen molar-refractivity contribution in [2.75, 3.05) is 0 Å². The summed E-state index contributed by atoms with van der Waals surface area (Å²) in [6, 6.07) is 14.1. The van der Waals surface area contributed by atoms with Crippen molar-refractivity contribution in [2.24, 2.45) is 5.73 Å². The molecule has 0 bridgehead atoms. The first-order valence-corrected chi connectivity index (χ1v) is 7.49. The molecule has 0 aliphatic carbocycles. The van der Waals surface area contributed by atoms with E-state index in [1.807, 2.05) is 50.2 Å². The van der Waals surface area contributed by atoms with Crippen LogP contribution in [0.15, 0.2) is 47.4 Å². The maximum absolute atomic E-state index is 12.4. The Morgan fingerprint density at radius 3 is 2.50 bits per heavy atom. The van der Waals surface area contributed by atoms with E-state index in [2.05, 4.69) is 6.07 Å². The molecule has 2 nitrogen and oxygen atoms in total. The summed E-state index contributed by atoms with van der Waals surface area (Å²) in [4.78, 5) is 0.866. The van der Waals surface area contributed by atoms with Crippen LogP contribution in [0.3, 0.4) is 0 Å². The quantitative estimate of drug-likeness (QED) is 0.919. The first-order valence-electron chi connectivity index (χ1n) is 6.28. The zero-order valence-electron chi connectivity index (χ0n) is 10.8. The Kier molecular flexibility index (Phi) is 4.15. The van der Waals surface area contributed by atoms with E-state index in [9.17, 15) is 4.21 Å². The lowest BCUT2D eigenvalue weighted by molar-refractivity contribution is 0.610. The fourth-order valence-electron chi connectivity index (χ4n) is 2.00. The van der Waals surface area contributed by atoms with Crippen molar-refractivity contribution in [1.82, 2.24) is 0 Å². The molecule has 0 radical (unpaired) electrons. The largest absolute Gasteiger partial charge is 0.327 e. The highest BCUT2D eigenvalue weighted by Gasteiger charge is 2.19. The molecule has 3 heteroatoms. The van der Waals surface area contributed by atoms with E-state index in [0.717, 1.165) is 16.7 Å². The molecular weight excluding hydrogens is 242 g/mol. The van der Waals surface area contributed by atoms with Crippen molar-refractivity contribution in [2.45, 2.75) is 36.5 Å². The smallest absolute Gasteiger partial charge is 0.0573 e. The molecule has 0 aliphatic rings. The highest BCUT2D eigenvalue weighted by Crippen LogP contribution is 2.20. The fraction of sp³-hybridized carbons (Fsp3) is 0.333. The molecular formula is C15H19NOS. The highest BCUT2D eigenvalue weighted by molar-refractivity contribution is 7.85. The van der Waals surface area contributed by atoms with Gasteiger partial charge in [-0.2, -0.15) is 0 Å². The predicted molar refractivity (Wildman–Crippen MR) is 78.1 cm³/mol. The third-order valence-corrected chi connectivity index (χ3v) is 5.11. The van der Waals surface area contributed by atoms with Gasteiger partial charge in [-0.15, -0.1) is 0 Å². The molecule has 96 valence electrons. The molecule has 0 aliphatic heterocycles. The Balaban J connectivity index is 2.33. The second-order valence-corrected chi connectivity index (χ2v) is 6.39. The van der Waals surface area contributed by atoms with E-state index in [1.165, 1.54) is 5.39 Å². The van der Waals surface area contributed by atoms with E-state index >= 15 is 0 Å². The van der Waals surface area contributed by atoms with Gasteiger partial charge in [0, 0.05) is 10.9 Å². The number of fused-ring (bicyclic) bond motifs is 1. The molecule has 18 heavy (non-hydrogen) atoms. The molecule has 2 aromatic carbocycles. The Bertz CT molecular complexity index is 567. The maximum atomic E-state index is 12.4. The summed E-state index contributed by atoms with van der Waals surface area (Å²) >= 11 is 0. The minimum atomic E-state index is -1.04. The molecule has 2 aromatic rings. The van der Waals surface area contributed by atoms with Crippen LogP contribution >= 0.6 is 0 Å². The van der Waals surface area contributed by atoms with Crippen LogP contribution in [0, 0.1) is 0 Å². The van der Waals surface area contributed by atoms with Crippen molar-refractivity contribution in [1.29, 1.82) is 0 Å². The van der Waals surface area contributed by atoms with Crippen LogP contribution < -0.4 is 5.73 Å². The summed E-state index contributed by atoms with van der Waals surface area (Å²) in [5, 5.41) is 2.28. The minimum Gasteiger partial charge on any atom is -0.327 e. The van der Waals surface area contributed by atoms with Gasteiger partial charge in [-0.25, -0.2) is 0 Å². The van der Waals surface area contributed by atoms with Gasteiger partial charge in [-0.3, -0.25) is 4.21 Å². The first-order chi connectivity index (χ1) is 8.63. The standard InChI is InChI=1S/C15H19NOS/c1-3-15(16)11(2)18(17)14-9-8-12-6-4-5-7-13(12)10-14/h4-11,15H,3,16H2,1-2H3. The van der Waals surface area contributed by atoms with Crippen molar-refractivity contribution < 1.29 is 4.21 Å². The van der Waals surface area contributed by atoms with Gasteiger partial charge in [0.05, 0.1) is 16.0 Å². The van der Waals surface area contributed by atoms with E-state index in [1.54, 1.807) is 0 Å². The Morgan fingerprint density at radius 1 is 1.17 bits per heavy atom. The van der Waals surface area contributed by atoms with Gasteiger partial charge in [-0.1, -0.05) is 37.3 Å². The number of hydrogen-bond donors (Lipinski definition) is 1. The lowest BCUT2D eigenvalue weighted by Gasteiger charge is -2.18. The lowest BCUT2D eigenvalue weighted by atomic mass is 10.1. The van der Waals surface area contributed by atoms with Crippen molar-refractivity contribution >= 4 is 21.6 Å². The summed E-state index contributed by atoms with van der Waals surface area (Å²) in [5.41, 5.74) is 5.97. The number of rotatable bonds is 4. The molecule has 0 heterocycles. The molecule has 0 saturated heterocycles. The molecule has 0 fully saturated rings. The normalized spacial score (nSPS) is 16.4. The molecule has 0 spiro atoms. The van der Waals surface area contributed by atoms with E-state index in [-0.39, 0.29) is 11.3 Å². The van der Waals surface area contributed by atoms with Crippen LogP contribution in [0.2, 0.25) is 0 Å². The third kappa shape index (κ3) is 2.62. The summed E-state index contributed by atoms with van der Waals surface area (Å²) in [7, 11) is -1.04. The van der Waals surface area contributed by atoms with Crippen molar-refractivity contribution in [3.8, 4) is 0 Å². The van der Waals surface area contributed by atoms with E-state index in [0.29, 0.717) is 0 Å². The summed E-state index contributed by atoms with van der Waals surface area (Å²) in [6.07, 6.45) is 0.848. The summed E-state index contributed by atoms with van der Waals surface area (Å²) in [5.74, 6) is 0. The van der Waals surface area contributed by atoms with Crippen LogP contribution in [-0.2, 0) is 10.8 Å². The van der Waals surface area contributed by atoms with E-state index < -0.39 is 10.8 Å². The van der Waals surface area contributed by atoms with Gasteiger partial charge >= 0.3 is 0 Å². The van der Waals surface area contributed by atoms with Crippen LogP contribution in [0.4, 0.5) is 0 Å². The number of nitrogens with two attached hydrogens (primary N) is 1. The highest BCUT2D eigenvalue weighted by atomic mass is 32.2. The average Bonchev–Trinajstić information content (AvgIpc) is 2.44. The molecule has 2 rings (SSSR count). The SMILES string of the molecule is CCC(N)C(C)S(=O)c1ccc2ccccc2c1. The topological polar surface area (TPSA) is 43.1 Å². The monoisotopic (exact) mass is 261 g/mol. The van der Waals surface area contributed by atoms with Gasteiger partial charge in [0.1, 0.15) is 0 Å². The zero-order chi connectivity index (χ0) is 13.1. The zero-order valence-corrected chi connectivity index (χ0v) is 11.6. The first kappa shape index (κ1) is 13.2. The van der Waals surface area contributed by atoms with Crippen molar-refractivity contribution in [3.63, 3.8) is 0 Å². The predicted octanol–water partition coefficient (Wildman–Crippen LogP) is 3.07. The molecule has 3 unspecified atom stereocenters. The number of benzene rings is 2. The van der Waals surface area contributed by atoms with Gasteiger partial charge in [0.15, 0.2) is 0 Å². The summed E-state index contributed by atoms with van der Waals surface area (Å²) in [6.45, 7) is 3.98. The molecule has 0 aromatic heterocycles. The molecule has 0 saturated carbocycles. The second-order valence-electron chi connectivity index (χ2n) is 4.58. The third-order valence-electron chi connectivity index (χ3n) is 3.37. The maximum Gasteiger partial charge on any atom is 0.0573 e. The summed E-state index contributed by atoms with van der Waals surface area (Å²) < 4.78 is 12.4. The second kappa shape index (κ2) is 5.63. The minimum absolute atomic E-state index is 0.0164. The lowest BCUT2D eigenvalue weighted by Crippen LogP contribution is -2.34. The van der Waals surface area contributed by atoms with Crippen LogP contribution in [0.5, 0.6) is 0 Å². The molecule has 2 N–H and O–H groups in total. The molecule has 3 atom stereocenters. The Hall–Kier alpha value is -1.19. The number of hydrogen-bond acceptors (Lipinski definition) is 2. The average molecular weight is 261 g/mol. The molecule has 0 amide bonds. The Morgan fingerprint density at radius 2 is 1.83 bits per heavy atom. The van der Waals surface area contributed by atoms with Gasteiger partial charge in [0.25, 0.3) is 0 Å². The van der Waals surface area contributed by atoms with Crippen LogP contribution in [0.25, 0.3) is 10.8 Å². The van der Waals surface area contributed by atoms with Gasteiger partial charge in [-0.05, 0) is 36.2 Å². The van der Waals surface area contributed by atoms with Gasteiger partial charge < -0.3 is 5.73 Å². The fourth-order valence-corrected chi connectivity index (χ4v) is 3.38. The van der Waals surface area contributed by atoms with Crippen molar-refractivity contribution in [3.05, 3.63) is 42.5 Å². The van der Waals surface area contributed by atoms with E-state index in [4.69, 9.17) is 5.73 Å². The van der Waals surface area contributed by atoms with Crippen LogP contribution in [-0.4, -0.2) is 15.5 Å².